The van der Waals surface area contributed by atoms with Crippen LogP contribution in [0.25, 0.3) is 0 Å². The molecule has 100 valence electrons. The van der Waals surface area contributed by atoms with Crippen LogP contribution in [0.1, 0.15) is 30.1 Å². The molecule has 1 rings (SSSR count). The molecule has 0 heterocycles. The quantitative estimate of drug-likeness (QED) is 0.771. The summed E-state index contributed by atoms with van der Waals surface area (Å²) >= 11 is 0. The Morgan fingerprint density at radius 3 is 2.33 bits per heavy atom. The van der Waals surface area contributed by atoms with Crippen LogP contribution in [0.3, 0.4) is 0 Å². The van der Waals surface area contributed by atoms with Crippen LogP contribution in [0.2, 0.25) is 0 Å². The van der Waals surface area contributed by atoms with Crippen molar-refractivity contribution in [1.29, 1.82) is 0 Å². The number of nitrogens with one attached hydrogen (secondary N) is 2. The number of benzene rings is 1. The van der Waals surface area contributed by atoms with Gasteiger partial charge in [0.25, 0.3) is 5.91 Å². The lowest BCUT2D eigenvalue weighted by Crippen LogP contribution is -2.24. The minimum absolute atomic E-state index is 0.144. The summed E-state index contributed by atoms with van der Waals surface area (Å²) < 4.78 is 24.3. The Morgan fingerprint density at radius 2 is 1.83 bits per heavy atom. The van der Waals surface area contributed by atoms with Gasteiger partial charge in [0, 0.05) is 17.8 Å². The van der Waals surface area contributed by atoms with Crippen LogP contribution in [0, 0.1) is 0 Å². The van der Waals surface area contributed by atoms with Gasteiger partial charge in [0.2, 0.25) is 10.0 Å². The maximum atomic E-state index is 11.7. The number of amides is 1. The smallest absolute Gasteiger partial charge is 0.251 e. The zero-order valence-corrected chi connectivity index (χ0v) is 11.4. The molecule has 0 aliphatic heterocycles. The van der Waals surface area contributed by atoms with Gasteiger partial charge < -0.3 is 5.32 Å². The molecule has 18 heavy (non-hydrogen) atoms. The lowest BCUT2D eigenvalue weighted by molar-refractivity contribution is 0.0953. The van der Waals surface area contributed by atoms with Crippen LogP contribution in [0.4, 0.5) is 5.69 Å². The van der Waals surface area contributed by atoms with E-state index < -0.39 is 10.0 Å². The van der Waals surface area contributed by atoms with Gasteiger partial charge in [-0.15, -0.1) is 0 Å². The number of carbonyl (C=O) groups excluding carboxylic acids is 1. The molecule has 6 heteroatoms. The van der Waals surface area contributed by atoms with Crippen LogP contribution in [0.5, 0.6) is 0 Å². The topological polar surface area (TPSA) is 75.3 Å². The van der Waals surface area contributed by atoms with Crippen LogP contribution >= 0.6 is 0 Å². The molecule has 0 atom stereocenters. The average Bonchev–Trinajstić information content (AvgIpc) is 2.28. The van der Waals surface area contributed by atoms with Crippen molar-refractivity contribution in [2.24, 2.45) is 0 Å². The van der Waals surface area contributed by atoms with Crippen molar-refractivity contribution in [3.8, 4) is 0 Å². The first-order valence-corrected chi connectivity index (χ1v) is 7.67. The Hall–Kier alpha value is -1.56. The van der Waals surface area contributed by atoms with Gasteiger partial charge in [0.15, 0.2) is 0 Å². The highest BCUT2D eigenvalue weighted by molar-refractivity contribution is 7.92. The van der Waals surface area contributed by atoms with Crippen molar-refractivity contribution in [2.45, 2.75) is 19.8 Å². The molecule has 0 aliphatic rings. The Kier molecular flexibility index (Phi) is 5.15. The van der Waals surface area contributed by atoms with Gasteiger partial charge in [-0.2, -0.15) is 0 Å². The number of unbranched alkanes of at least 4 members (excludes halogenated alkanes) is 1. The van der Waals surface area contributed by atoms with Gasteiger partial charge in [0.05, 0.1) is 6.26 Å². The van der Waals surface area contributed by atoms with Crippen molar-refractivity contribution in [1.82, 2.24) is 5.32 Å². The van der Waals surface area contributed by atoms with Crippen molar-refractivity contribution >= 4 is 21.6 Å². The van der Waals surface area contributed by atoms with Gasteiger partial charge in [-0.05, 0) is 30.7 Å². The molecular formula is C12H18N2O3S. The molecule has 1 aromatic rings. The van der Waals surface area contributed by atoms with Crippen LogP contribution in [0.15, 0.2) is 24.3 Å². The first-order valence-electron chi connectivity index (χ1n) is 5.78. The van der Waals surface area contributed by atoms with E-state index in [9.17, 15) is 13.2 Å². The fourth-order valence-corrected chi connectivity index (χ4v) is 1.95. The molecule has 5 nitrogen and oxygen atoms in total. The second-order valence-corrected chi connectivity index (χ2v) is 5.81. The number of carbonyl (C=O) groups is 1. The van der Waals surface area contributed by atoms with E-state index in [0.717, 1.165) is 19.1 Å². The van der Waals surface area contributed by atoms with Crippen molar-refractivity contribution in [3.05, 3.63) is 29.8 Å². The Labute approximate surface area is 108 Å². The predicted octanol–water partition coefficient (Wildman–Crippen LogP) is 1.59. The highest BCUT2D eigenvalue weighted by atomic mass is 32.2. The summed E-state index contributed by atoms with van der Waals surface area (Å²) in [5.74, 6) is -0.144. The second-order valence-electron chi connectivity index (χ2n) is 4.06. The maximum Gasteiger partial charge on any atom is 0.251 e. The molecule has 0 spiro atoms. The standard InChI is InChI=1S/C12H18N2O3S/c1-3-4-9-13-12(15)10-5-7-11(8-6-10)14-18(2,16)17/h5-8,14H,3-4,9H2,1-2H3,(H,13,15). The summed E-state index contributed by atoms with van der Waals surface area (Å²) in [6.07, 6.45) is 3.05. The maximum absolute atomic E-state index is 11.7. The van der Waals surface area contributed by atoms with E-state index in [1.165, 1.54) is 0 Å². The monoisotopic (exact) mass is 270 g/mol. The predicted molar refractivity (Wildman–Crippen MR) is 72.1 cm³/mol. The Balaban J connectivity index is 2.62. The summed E-state index contributed by atoms with van der Waals surface area (Å²) in [7, 11) is -3.28. The van der Waals surface area contributed by atoms with E-state index in [0.29, 0.717) is 17.8 Å². The molecule has 2 N–H and O–H groups in total. The third kappa shape index (κ3) is 5.18. The first-order chi connectivity index (χ1) is 8.42. The van der Waals surface area contributed by atoms with Crippen LogP contribution < -0.4 is 10.0 Å². The minimum Gasteiger partial charge on any atom is -0.352 e. The molecule has 0 saturated carbocycles. The fourth-order valence-electron chi connectivity index (χ4n) is 1.38. The largest absolute Gasteiger partial charge is 0.352 e. The van der Waals surface area contributed by atoms with E-state index >= 15 is 0 Å². The van der Waals surface area contributed by atoms with Crippen LogP contribution in [-0.2, 0) is 10.0 Å². The first kappa shape index (κ1) is 14.5. The van der Waals surface area contributed by atoms with E-state index in [-0.39, 0.29) is 5.91 Å². The van der Waals surface area contributed by atoms with Gasteiger partial charge in [0.1, 0.15) is 0 Å². The molecule has 1 amide bonds. The zero-order valence-electron chi connectivity index (χ0n) is 10.6. The van der Waals surface area contributed by atoms with Crippen molar-refractivity contribution < 1.29 is 13.2 Å². The summed E-state index contributed by atoms with van der Waals surface area (Å²) in [4.78, 5) is 11.7. The van der Waals surface area contributed by atoms with Gasteiger partial charge in [-0.1, -0.05) is 13.3 Å². The van der Waals surface area contributed by atoms with Crippen molar-refractivity contribution in [2.75, 3.05) is 17.5 Å². The highest BCUT2D eigenvalue weighted by Gasteiger charge is 2.06. The summed E-state index contributed by atoms with van der Waals surface area (Å²) in [5.41, 5.74) is 0.966. The van der Waals surface area contributed by atoms with Gasteiger partial charge in [-0.3, -0.25) is 9.52 Å². The second kappa shape index (κ2) is 6.39. The highest BCUT2D eigenvalue weighted by Crippen LogP contribution is 2.10. The average molecular weight is 270 g/mol. The summed E-state index contributed by atoms with van der Waals surface area (Å²) in [5, 5.41) is 2.79. The Bertz CT molecular complexity index is 495. The lowest BCUT2D eigenvalue weighted by Gasteiger charge is -2.06. The minimum atomic E-state index is -3.28. The van der Waals surface area contributed by atoms with Gasteiger partial charge >= 0.3 is 0 Å². The number of rotatable bonds is 6. The third-order valence-corrected chi connectivity index (χ3v) is 2.87. The molecule has 0 aromatic heterocycles. The molecule has 0 radical (unpaired) electrons. The normalized spacial score (nSPS) is 11.0. The number of hydrogen-bond acceptors (Lipinski definition) is 3. The number of anilines is 1. The SMILES string of the molecule is CCCCNC(=O)c1ccc(NS(C)(=O)=O)cc1. The summed E-state index contributed by atoms with van der Waals surface area (Å²) in [6, 6.07) is 6.31. The molecule has 0 bridgehead atoms. The van der Waals surface area contributed by atoms with E-state index in [2.05, 4.69) is 17.0 Å². The van der Waals surface area contributed by atoms with E-state index in [4.69, 9.17) is 0 Å². The molecular weight excluding hydrogens is 252 g/mol. The lowest BCUT2D eigenvalue weighted by atomic mass is 10.2. The number of sulfonamides is 1. The van der Waals surface area contributed by atoms with E-state index in [1.54, 1.807) is 24.3 Å². The number of hydrogen-bond donors (Lipinski definition) is 2. The third-order valence-electron chi connectivity index (χ3n) is 2.27. The molecule has 0 unspecified atom stereocenters. The zero-order chi connectivity index (χ0) is 13.6. The van der Waals surface area contributed by atoms with Crippen molar-refractivity contribution in [3.63, 3.8) is 0 Å². The fraction of sp³-hybridized carbons (Fsp3) is 0.417. The molecule has 0 fully saturated rings. The molecule has 0 saturated heterocycles. The Morgan fingerprint density at radius 1 is 1.22 bits per heavy atom. The molecule has 1 aromatic carbocycles. The molecule has 0 aliphatic carbocycles. The van der Waals surface area contributed by atoms with Gasteiger partial charge in [-0.25, -0.2) is 8.42 Å². The van der Waals surface area contributed by atoms with E-state index in [1.807, 2.05) is 0 Å². The summed E-state index contributed by atoms with van der Waals surface area (Å²) in [6.45, 7) is 2.70. The van der Waals surface area contributed by atoms with Crippen LogP contribution in [-0.4, -0.2) is 27.1 Å².